The van der Waals surface area contributed by atoms with Crippen molar-refractivity contribution in [2.24, 2.45) is 5.92 Å². The molecule has 0 aliphatic heterocycles. The Hall–Kier alpha value is -0.690. The highest BCUT2D eigenvalue weighted by atomic mass is 17.5. The lowest BCUT2D eigenvalue weighted by Crippen LogP contribution is -2.33. The number of hydrogen-bond acceptors (Lipinski definition) is 6. The molecule has 0 heterocycles. The van der Waals surface area contributed by atoms with Gasteiger partial charge in [-0.15, -0.1) is 0 Å². The van der Waals surface area contributed by atoms with Crippen LogP contribution in [0.15, 0.2) is 0 Å². The zero-order chi connectivity index (χ0) is 18.1. The van der Waals surface area contributed by atoms with Gasteiger partial charge >= 0.3 is 5.97 Å². The Labute approximate surface area is 140 Å². The molecule has 0 N–H and O–H groups in total. The Balaban J connectivity index is 4.53. The normalized spacial score (nSPS) is 15.3. The molecule has 0 saturated heterocycles. The van der Waals surface area contributed by atoms with Crippen LogP contribution in [0.25, 0.3) is 0 Å². The first-order valence-electron chi connectivity index (χ1n) is 8.35. The Morgan fingerprint density at radius 1 is 1.00 bits per heavy atom. The molecule has 0 amide bonds. The largest absolute Gasteiger partial charge is 0.377 e. The van der Waals surface area contributed by atoms with Crippen LogP contribution in [0.3, 0.4) is 0 Å². The van der Waals surface area contributed by atoms with Crippen molar-refractivity contribution in [3.05, 3.63) is 0 Å². The Morgan fingerprint density at radius 3 is 2.04 bits per heavy atom. The van der Waals surface area contributed by atoms with E-state index in [9.17, 15) is 4.79 Å². The van der Waals surface area contributed by atoms with Crippen LogP contribution in [0.2, 0.25) is 0 Å². The fraction of sp³-hybridized carbons (Fsp3) is 0.941. The van der Waals surface area contributed by atoms with Gasteiger partial charge in [0.25, 0.3) is 0 Å². The van der Waals surface area contributed by atoms with E-state index in [2.05, 4.69) is 23.8 Å². The average molecular weight is 334 g/mol. The van der Waals surface area contributed by atoms with Crippen LogP contribution >= 0.6 is 0 Å². The summed E-state index contributed by atoms with van der Waals surface area (Å²) in [6, 6.07) is 0. The lowest BCUT2D eigenvalue weighted by Gasteiger charge is -2.24. The second-order valence-corrected chi connectivity index (χ2v) is 7.93. The molecule has 2 atom stereocenters. The molecule has 0 spiro atoms. The molecule has 0 radical (unpaired) electrons. The highest BCUT2D eigenvalue weighted by molar-refractivity contribution is 5.73. The van der Waals surface area contributed by atoms with Gasteiger partial charge in [0, 0.05) is 0 Å². The van der Waals surface area contributed by atoms with Crippen LogP contribution in [0.1, 0.15) is 81.1 Å². The van der Waals surface area contributed by atoms with Gasteiger partial charge in [0.1, 0.15) is 0 Å². The maximum absolute atomic E-state index is 12.1. The molecule has 0 bridgehead atoms. The molecule has 0 rings (SSSR count). The molecule has 0 fully saturated rings. The molecule has 0 aliphatic carbocycles. The smallest absolute Gasteiger partial charge is 0.266 e. The summed E-state index contributed by atoms with van der Waals surface area (Å²) >= 11 is 0. The van der Waals surface area contributed by atoms with Gasteiger partial charge in [-0.05, 0) is 58.9 Å². The van der Waals surface area contributed by atoms with Gasteiger partial charge in [-0.1, -0.05) is 33.1 Å². The minimum absolute atomic E-state index is 0.305. The average Bonchev–Trinajstić information content (AvgIpc) is 2.38. The predicted molar refractivity (Wildman–Crippen MR) is 87.0 cm³/mol. The van der Waals surface area contributed by atoms with Gasteiger partial charge in [-0.2, -0.15) is 4.89 Å². The van der Waals surface area contributed by atoms with Crippen molar-refractivity contribution >= 4 is 5.97 Å². The summed E-state index contributed by atoms with van der Waals surface area (Å²) in [6.45, 7) is 15.1. The van der Waals surface area contributed by atoms with Crippen molar-refractivity contribution < 1.29 is 29.4 Å². The third-order valence-corrected chi connectivity index (χ3v) is 2.74. The molecule has 0 aromatic heterocycles. The first kappa shape index (κ1) is 22.3. The second-order valence-electron chi connectivity index (χ2n) is 7.93. The van der Waals surface area contributed by atoms with Crippen LogP contribution < -0.4 is 0 Å². The van der Waals surface area contributed by atoms with Crippen LogP contribution in [-0.2, 0) is 29.4 Å². The number of hydrogen-bond donors (Lipinski definition) is 0. The number of carbonyl (C=O) groups excluding carboxylic acids is 1. The summed E-state index contributed by atoms with van der Waals surface area (Å²) in [6.07, 6.45) is 2.87. The van der Waals surface area contributed by atoms with Gasteiger partial charge in [0.05, 0.1) is 11.2 Å². The maximum atomic E-state index is 12.1. The molecule has 138 valence electrons. The summed E-state index contributed by atoms with van der Waals surface area (Å²) in [5, 5.41) is 4.55. The molecular formula is C17H34O6. The van der Waals surface area contributed by atoms with Gasteiger partial charge in [-0.3, -0.25) is 4.89 Å². The van der Waals surface area contributed by atoms with Crippen LogP contribution in [-0.4, -0.2) is 23.3 Å². The monoisotopic (exact) mass is 334 g/mol. The van der Waals surface area contributed by atoms with E-state index in [1.54, 1.807) is 20.8 Å². The molecule has 6 heteroatoms. The number of rotatable bonds is 10. The van der Waals surface area contributed by atoms with Crippen LogP contribution in [0, 0.1) is 5.92 Å². The molecule has 2 unspecified atom stereocenters. The number of unbranched alkanes of at least 4 members (excludes halogenated alkanes) is 1. The van der Waals surface area contributed by atoms with Crippen molar-refractivity contribution in [2.45, 2.75) is 98.4 Å². The third kappa shape index (κ3) is 13.4. The lowest BCUT2D eigenvalue weighted by atomic mass is 9.97. The summed E-state index contributed by atoms with van der Waals surface area (Å²) in [5.41, 5.74) is -1.10. The zero-order valence-electron chi connectivity index (χ0n) is 15.9. The molecule has 0 aliphatic rings. The highest BCUT2D eigenvalue weighted by Crippen LogP contribution is 2.20. The summed E-state index contributed by atoms with van der Waals surface area (Å²) in [7, 11) is 0. The van der Waals surface area contributed by atoms with Gasteiger partial charge in [0.15, 0.2) is 6.10 Å². The van der Waals surface area contributed by atoms with E-state index in [4.69, 9.17) is 14.7 Å². The molecule has 0 aromatic carbocycles. The van der Waals surface area contributed by atoms with Gasteiger partial charge < -0.3 is 0 Å². The van der Waals surface area contributed by atoms with Gasteiger partial charge in [0.2, 0.25) is 0 Å². The summed E-state index contributed by atoms with van der Waals surface area (Å²) in [4.78, 5) is 32.3. The molecule has 0 saturated carbocycles. The van der Waals surface area contributed by atoms with Crippen LogP contribution in [0.4, 0.5) is 0 Å². The van der Waals surface area contributed by atoms with Crippen molar-refractivity contribution in [1.29, 1.82) is 0 Å². The molecule has 0 aromatic rings. The standard InChI is InChI=1S/C17H34O6/c1-9-10-11-13(2)12-14(19-21-16(3,4)5)15(18)20-23-22-17(6,7)8/h13-14H,9-12H2,1-8H3. The van der Waals surface area contributed by atoms with E-state index in [1.807, 2.05) is 20.8 Å². The van der Waals surface area contributed by atoms with E-state index in [1.165, 1.54) is 0 Å². The maximum Gasteiger partial charge on any atom is 0.377 e. The quantitative estimate of drug-likeness (QED) is 0.432. The minimum Gasteiger partial charge on any atom is -0.266 e. The Bertz CT molecular complexity index is 329. The molecule has 23 heavy (non-hydrogen) atoms. The van der Waals surface area contributed by atoms with E-state index in [-0.39, 0.29) is 0 Å². The SMILES string of the molecule is CCCCC(C)CC(OOC(C)(C)C)C(=O)OOOC(C)(C)C. The van der Waals surface area contributed by atoms with E-state index in [0.717, 1.165) is 19.3 Å². The van der Waals surface area contributed by atoms with Crippen molar-refractivity contribution in [2.75, 3.05) is 0 Å². The predicted octanol–water partition coefficient (Wildman–Crippen LogP) is 4.52. The first-order chi connectivity index (χ1) is 10.4. The second kappa shape index (κ2) is 10.2. The van der Waals surface area contributed by atoms with Crippen molar-refractivity contribution in [3.63, 3.8) is 0 Å². The van der Waals surface area contributed by atoms with E-state index >= 15 is 0 Å². The van der Waals surface area contributed by atoms with E-state index in [0.29, 0.717) is 12.3 Å². The zero-order valence-corrected chi connectivity index (χ0v) is 15.9. The molecular weight excluding hydrogens is 300 g/mol. The molecule has 6 nitrogen and oxygen atoms in total. The fourth-order valence-corrected chi connectivity index (χ4v) is 1.62. The Morgan fingerprint density at radius 2 is 1.57 bits per heavy atom. The first-order valence-corrected chi connectivity index (χ1v) is 8.35. The van der Waals surface area contributed by atoms with E-state index < -0.39 is 23.3 Å². The summed E-state index contributed by atoms with van der Waals surface area (Å²) in [5.74, 6) is -0.360. The fourth-order valence-electron chi connectivity index (χ4n) is 1.62. The Kier molecular flexibility index (Phi) is 9.93. The third-order valence-electron chi connectivity index (χ3n) is 2.74. The highest BCUT2D eigenvalue weighted by Gasteiger charge is 2.29. The summed E-state index contributed by atoms with van der Waals surface area (Å²) < 4.78 is 0. The lowest BCUT2D eigenvalue weighted by molar-refractivity contribution is -0.518. The van der Waals surface area contributed by atoms with Gasteiger partial charge in [-0.25, -0.2) is 14.6 Å². The number of carbonyl (C=O) groups is 1. The topological polar surface area (TPSA) is 63.2 Å². The van der Waals surface area contributed by atoms with Crippen LogP contribution in [0.5, 0.6) is 0 Å². The van der Waals surface area contributed by atoms with Crippen molar-refractivity contribution in [1.82, 2.24) is 0 Å². The minimum atomic E-state index is -0.857. The van der Waals surface area contributed by atoms with Crippen molar-refractivity contribution in [3.8, 4) is 0 Å².